The summed E-state index contributed by atoms with van der Waals surface area (Å²) in [5, 5.41) is 19.1. The molecule has 0 saturated heterocycles. The molecule has 22 heavy (non-hydrogen) atoms. The molecule has 0 aliphatic rings. The van der Waals surface area contributed by atoms with Crippen molar-refractivity contribution in [3.63, 3.8) is 0 Å². The van der Waals surface area contributed by atoms with Gasteiger partial charge in [-0.3, -0.25) is 4.79 Å². The number of carbonyl (C=O) groups is 2. The fourth-order valence-corrected chi connectivity index (χ4v) is 2.04. The predicted molar refractivity (Wildman–Crippen MR) is 77.9 cm³/mol. The van der Waals surface area contributed by atoms with Crippen LogP contribution >= 0.6 is 0 Å². The lowest BCUT2D eigenvalue weighted by molar-refractivity contribution is 0.0593. The number of esters is 1. The fourth-order valence-electron chi connectivity index (χ4n) is 2.04. The highest BCUT2D eigenvalue weighted by atomic mass is 16.5. The number of phenols is 1. The Morgan fingerprint density at radius 1 is 1.41 bits per heavy atom. The smallest absolute Gasteiger partial charge is 0.357 e. The summed E-state index contributed by atoms with van der Waals surface area (Å²) < 4.78 is 5.89. The lowest BCUT2D eigenvalue weighted by atomic mass is 10.1. The minimum Gasteiger partial charge on any atom is -0.506 e. The number of ketones is 1. The molecular weight excluding hydrogens is 286 g/mol. The molecule has 0 aliphatic carbocycles. The molecule has 0 unspecified atom stereocenters. The maximum atomic E-state index is 11.9. The second-order valence-electron chi connectivity index (χ2n) is 4.54. The molecule has 1 aromatic carbocycles. The molecule has 0 fully saturated rings. The van der Waals surface area contributed by atoms with E-state index in [9.17, 15) is 14.7 Å². The summed E-state index contributed by atoms with van der Waals surface area (Å²) in [5.74, 6) is -1.14. The van der Waals surface area contributed by atoms with Crippen LogP contribution in [-0.4, -0.2) is 28.5 Å². The van der Waals surface area contributed by atoms with Crippen molar-refractivity contribution in [2.75, 3.05) is 12.8 Å². The van der Waals surface area contributed by atoms with Gasteiger partial charge in [0.15, 0.2) is 11.5 Å². The van der Waals surface area contributed by atoms with Crippen LogP contribution in [0.1, 0.15) is 33.3 Å². The van der Waals surface area contributed by atoms with Crippen molar-refractivity contribution in [3.05, 3.63) is 41.2 Å². The number of rotatable bonds is 3. The molecule has 0 bridgehead atoms. The van der Waals surface area contributed by atoms with E-state index in [-0.39, 0.29) is 34.2 Å². The molecule has 3 N–H and O–H groups in total. The molecule has 0 radical (unpaired) electrons. The number of nitriles is 1. The van der Waals surface area contributed by atoms with Crippen LogP contribution in [0.5, 0.6) is 5.75 Å². The molecule has 1 aromatic heterocycles. The van der Waals surface area contributed by atoms with E-state index in [1.807, 2.05) is 6.07 Å². The molecular formula is C15H13N3O4. The first-order valence-corrected chi connectivity index (χ1v) is 6.24. The number of aromatic hydroxyl groups is 1. The highest BCUT2D eigenvalue weighted by Crippen LogP contribution is 2.30. The number of nitrogen functional groups attached to an aromatic ring is 1. The van der Waals surface area contributed by atoms with E-state index in [2.05, 4.69) is 4.74 Å². The monoisotopic (exact) mass is 299 g/mol. The third kappa shape index (κ3) is 2.38. The van der Waals surface area contributed by atoms with Crippen LogP contribution in [0.15, 0.2) is 24.4 Å². The number of nitrogens with two attached hydrogens (primary N) is 1. The van der Waals surface area contributed by atoms with E-state index in [0.29, 0.717) is 5.56 Å². The number of ether oxygens (including phenoxy) is 1. The van der Waals surface area contributed by atoms with Gasteiger partial charge in [-0.05, 0) is 25.1 Å². The molecule has 112 valence electrons. The van der Waals surface area contributed by atoms with E-state index in [1.54, 1.807) is 0 Å². The van der Waals surface area contributed by atoms with Crippen molar-refractivity contribution in [2.45, 2.75) is 6.92 Å². The van der Waals surface area contributed by atoms with Gasteiger partial charge in [-0.25, -0.2) is 4.79 Å². The standard InChI is InChI=1S/C15H13N3O4/c1-8(19)9-3-4-12(20)11(5-9)18-7-10(6-16)13(17)14(18)15(21)22-2/h3-5,7,20H,17H2,1-2H3. The van der Waals surface area contributed by atoms with Gasteiger partial charge in [0.2, 0.25) is 0 Å². The minimum atomic E-state index is -0.758. The normalized spacial score (nSPS) is 10.0. The van der Waals surface area contributed by atoms with Crippen molar-refractivity contribution in [2.24, 2.45) is 0 Å². The lowest BCUT2D eigenvalue weighted by Crippen LogP contribution is -2.11. The Kier molecular flexibility index (Phi) is 3.86. The number of phenolic OH excluding ortho intramolecular Hbond substituents is 1. The topological polar surface area (TPSA) is 118 Å². The van der Waals surface area contributed by atoms with Gasteiger partial charge in [0.1, 0.15) is 11.8 Å². The number of methoxy groups -OCH3 is 1. The zero-order chi connectivity index (χ0) is 16.4. The first-order chi connectivity index (χ1) is 10.4. The second kappa shape index (κ2) is 5.61. The summed E-state index contributed by atoms with van der Waals surface area (Å²) in [5.41, 5.74) is 6.20. The summed E-state index contributed by atoms with van der Waals surface area (Å²) in [4.78, 5) is 23.4. The Labute approximate surface area is 126 Å². The number of Topliss-reactive ketones (excluding diaryl/α,β-unsaturated/α-hetero) is 1. The highest BCUT2D eigenvalue weighted by Gasteiger charge is 2.23. The number of anilines is 1. The Bertz CT molecular complexity index is 815. The van der Waals surface area contributed by atoms with E-state index >= 15 is 0 Å². The summed E-state index contributed by atoms with van der Waals surface area (Å²) in [7, 11) is 1.18. The largest absolute Gasteiger partial charge is 0.506 e. The minimum absolute atomic E-state index is 0.0537. The summed E-state index contributed by atoms with van der Waals surface area (Å²) in [6, 6.07) is 6.05. The number of benzene rings is 1. The van der Waals surface area contributed by atoms with Crippen LogP contribution in [0.2, 0.25) is 0 Å². The number of carbonyl (C=O) groups excluding carboxylic acids is 2. The van der Waals surface area contributed by atoms with Crippen molar-refractivity contribution in [1.82, 2.24) is 4.57 Å². The molecule has 2 aromatic rings. The number of hydrogen-bond donors (Lipinski definition) is 2. The summed E-state index contributed by atoms with van der Waals surface area (Å²) in [6.07, 6.45) is 1.31. The van der Waals surface area contributed by atoms with Crippen LogP contribution in [0.25, 0.3) is 5.69 Å². The maximum absolute atomic E-state index is 11.9. The van der Waals surface area contributed by atoms with E-state index in [0.717, 1.165) is 0 Å². The molecule has 0 spiro atoms. The maximum Gasteiger partial charge on any atom is 0.357 e. The molecule has 0 aliphatic heterocycles. The Balaban J connectivity index is 2.78. The number of nitrogens with zero attached hydrogens (tertiary/aromatic N) is 2. The van der Waals surface area contributed by atoms with Crippen molar-refractivity contribution in [1.29, 1.82) is 5.26 Å². The molecule has 1 heterocycles. The van der Waals surface area contributed by atoms with Crippen LogP contribution in [0.4, 0.5) is 5.69 Å². The number of aromatic nitrogens is 1. The highest BCUT2D eigenvalue weighted by molar-refractivity contribution is 5.97. The van der Waals surface area contributed by atoms with Crippen LogP contribution in [0.3, 0.4) is 0 Å². The predicted octanol–water partition coefficient (Wildman–Crippen LogP) is 1.63. The molecule has 0 saturated carbocycles. The van der Waals surface area contributed by atoms with Gasteiger partial charge in [0.25, 0.3) is 0 Å². The first kappa shape index (κ1) is 15.1. The van der Waals surface area contributed by atoms with Crippen molar-refractivity contribution < 1.29 is 19.4 Å². The van der Waals surface area contributed by atoms with E-state index in [4.69, 9.17) is 11.0 Å². The average Bonchev–Trinajstić information content (AvgIpc) is 2.83. The Morgan fingerprint density at radius 3 is 2.64 bits per heavy atom. The van der Waals surface area contributed by atoms with Crippen LogP contribution in [0, 0.1) is 11.3 Å². The van der Waals surface area contributed by atoms with Gasteiger partial charge in [-0.1, -0.05) is 0 Å². The molecule has 0 atom stereocenters. The summed E-state index contributed by atoms with van der Waals surface area (Å²) in [6.45, 7) is 1.38. The number of hydrogen-bond acceptors (Lipinski definition) is 6. The van der Waals surface area contributed by atoms with Crippen LogP contribution < -0.4 is 5.73 Å². The lowest BCUT2D eigenvalue weighted by Gasteiger charge is -2.11. The van der Waals surface area contributed by atoms with Crippen molar-refractivity contribution in [3.8, 4) is 17.5 Å². The van der Waals surface area contributed by atoms with Gasteiger partial charge < -0.3 is 20.1 Å². The van der Waals surface area contributed by atoms with E-state index in [1.165, 1.54) is 43.0 Å². The molecule has 0 amide bonds. The van der Waals surface area contributed by atoms with E-state index < -0.39 is 5.97 Å². The third-order valence-electron chi connectivity index (χ3n) is 3.19. The van der Waals surface area contributed by atoms with Gasteiger partial charge in [0, 0.05) is 11.8 Å². The molecule has 7 nitrogen and oxygen atoms in total. The fraction of sp³-hybridized carbons (Fsp3) is 0.133. The van der Waals surface area contributed by atoms with Gasteiger partial charge in [-0.2, -0.15) is 5.26 Å². The van der Waals surface area contributed by atoms with Crippen LogP contribution in [-0.2, 0) is 4.74 Å². The van der Waals surface area contributed by atoms with Gasteiger partial charge in [-0.15, -0.1) is 0 Å². The first-order valence-electron chi connectivity index (χ1n) is 6.24. The van der Waals surface area contributed by atoms with Crippen molar-refractivity contribution >= 4 is 17.4 Å². The third-order valence-corrected chi connectivity index (χ3v) is 3.19. The Morgan fingerprint density at radius 2 is 2.09 bits per heavy atom. The zero-order valence-corrected chi connectivity index (χ0v) is 12.0. The summed E-state index contributed by atoms with van der Waals surface area (Å²) >= 11 is 0. The zero-order valence-electron chi connectivity index (χ0n) is 12.0. The SMILES string of the molecule is COC(=O)c1c(N)c(C#N)cn1-c1cc(C(C)=O)ccc1O. The van der Waals surface area contributed by atoms with Gasteiger partial charge in [0.05, 0.1) is 24.0 Å². The average molecular weight is 299 g/mol. The molecule has 7 heteroatoms. The molecule has 2 rings (SSSR count). The second-order valence-corrected chi connectivity index (χ2v) is 4.54. The van der Waals surface area contributed by atoms with Gasteiger partial charge >= 0.3 is 5.97 Å². The quantitative estimate of drug-likeness (QED) is 0.656. The Hall–Kier alpha value is -3.27.